The molecule has 1 rings (SSSR count). The predicted octanol–water partition coefficient (Wildman–Crippen LogP) is 3.96. The van der Waals surface area contributed by atoms with Gasteiger partial charge in [-0.15, -0.1) is 0 Å². The van der Waals surface area contributed by atoms with Crippen molar-refractivity contribution >= 4 is 15.9 Å². The maximum absolute atomic E-state index is 3.68. The lowest BCUT2D eigenvalue weighted by Gasteiger charge is -2.25. The van der Waals surface area contributed by atoms with Crippen molar-refractivity contribution in [1.82, 2.24) is 0 Å². The van der Waals surface area contributed by atoms with E-state index < -0.39 is 0 Å². The maximum Gasteiger partial charge on any atom is 0.0267 e. The normalized spacial score (nSPS) is 14.3. The summed E-state index contributed by atoms with van der Waals surface area (Å²) in [5, 5.41) is 0. The molecular weight excluding hydrogens is 212 g/mol. The first-order chi connectivity index (χ1) is 5.52. The van der Waals surface area contributed by atoms with Gasteiger partial charge in [0.1, 0.15) is 0 Å². The van der Waals surface area contributed by atoms with E-state index in [9.17, 15) is 0 Å². The van der Waals surface area contributed by atoms with Crippen molar-refractivity contribution in [2.24, 2.45) is 0 Å². The van der Waals surface area contributed by atoms with E-state index in [1.54, 1.807) is 0 Å². The molecule has 0 fully saturated rings. The number of alkyl halides is 1. The van der Waals surface area contributed by atoms with Crippen LogP contribution in [0.15, 0.2) is 30.3 Å². The molecule has 0 spiro atoms. The summed E-state index contributed by atoms with van der Waals surface area (Å²) in [6.07, 6.45) is 0. The molecule has 0 radical (unpaired) electrons. The topological polar surface area (TPSA) is 0 Å². The van der Waals surface area contributed by atoms with Gasteiger partial charge in [0.05, 0.1) is 0 Å². The molecule has 0 aliphatic heterocycles. The standard InChI is InChI=1S/C11H15Br/c1-9(11(2,3)12)10-7-5-4-6-8-10/h4-9H,1-3H3/t9-/m1/s1. The minimum absolute atomic E-state index is 0.175. The number of hydrogen-bond acceptors (Lipinski definition) is 0. The Morgan fingerprint density at radius 1 is 1.17 bits per heavy atom. The first kappa shape index (κ1) is 9.79. The molecule has 0 aliphatic rings. The van der Waals surface area contributed by atoms with Crippen LogP contribution in [0.25, 0.3) is 0 Å². The second-order valence-electron chi connectivity index (χ2n) is 3.70. The van der Waals surface area contributed by atoms with E-state index in [-0.39, 0.29) is 4.32 Å². The van der Waals surface area contributed by atoms with Gasteiger partial charge < -0.3 is 0 Å². The SMILES string of the molecule is C[C@H](c1ccccc1)C(C)(C)Br. The van der Waals surface area contributed by atoms with Crippen LogP contribution in [-0.2, 0) is 0 Å². The van der Waals surface area contributed by atoms with Gasteiger partial charge in [-0.2, -0.15) is 0 Å². The molecule has 0 bridgehead atoms. The molecule has 66 valence electrons. The fourth-order valence-electron chi connectivity index (χ4n) is 1.14. The first-order valence-corrected chi connectivity index (χ1v) is 5.05. The average molecular weight is 227 g/mol. The van der Waals surface area contributed by atoms with Gasteiger partial charge in [0, 0.05) is 4.32 Å². The van der Waals surface area contributed by atoms with Crippen molar-refractivity contribution in [3.63, 3.8) is 0 Å². The van der Waals surface area contributed by atoms with Gasteiger partial charge in [-0.1, -0.05) is 53.2 Å². The lowest BCUT2D eigenvalue weighted by Crippen LogP contribution is -2.18. The van der Waals surface area contributed by atoms with Crippen LogP contribution in [0.2, 0.25) is 0 Å². The quantitative estimate of drug-likeness (QED) is 0.670. The lowest BCUT2D eigenvalue weighted by molar-refractivity contribution is 0.599. The van der Waals surface area contributed by atoms with E-state index in [0.29, 0.717) is 5.92 Å². The number of benzene rings is 1. The summed E-state index contributed by atoms with van der Waals surface area (Å²) in [6.45, 7) is 6.64. The Kier molecular flexibility index (Phi) is 2.94. The molecule has 1 aromatic rings. The molecule has 0 saturated heterocycles. The molecule has 12 heavy (non-hydrogen) atoms. The Hall–Kier alpha value is -0.300. The smallest absolute Gasteiger partial charge is 0.0267 e. The Bertz CT molecular complexity index is 233. The van der Waals surface area contributed by atoms with Crippen LogP contribution in [0, 0.1) is 0 Å². The van der Waals surface area contributed by atoms with Gasteiger partial charge >= 0.3 is 0 Å². The Balaban J connectivity index is 2.86. The Morgan fingerprint density at radius 2 is 1.67 bits per heavy atom. The largest absolute Gasteiger partial charge is 0.0853 e. The molecule has 1 aromatic carbocycles. The van der Waals surface area contributed by atoms with Gasteiger partial charge in [-0.3, -0.25) is 0 Å². The Labute approximate surface area is 83.1 Å². The van der Waals surface area contributed by atoms with Crippen LogP contribution >= 0.6 is 15.9 Å². The fourth-order valence-corrected chi connectivity index (χ4v) is 1.40. The van der Waals surface area contributed by atoms with Crippen LogP contribution in [0.4, 0.5) is 0 Å². The van der Waals surface area contributed by atoms with Crippen molar-refractivity contribution in [2.75, 3.05) is 0 Å². The molecule has 0 N–H and O–H groups in total. The number of hydrogen-bond donors (Lipinski definition) is 0. The van der Waals surface area contributed by atoms with Gasteiger partial charge in [-0.25, -0.2) is 0 Å². The van der Waals surface area contributed by atoms with Crippen molar-refractivity contribution in [3.8, 4) is 0 Å². The van der Waals surface area contributed by atoms with Gasteiger partial charge in [0.15, 0.2) is 0 Å². The molecule has 0 heterocycles. The van der Waals surface area contributed by atoms with Crippen LogP contribution in [0.3, 0.4) is 0 Å². The van der Waals surface area contributed by atoms with E-state index >= 15 is 0 Å². The zero-order valence-electron chi connectivity index (χ0n) is 7.84. The fraction of sp³-hybridized carbons (Fsp3) is 0.455. The molecule has 0 saturated carbocycles. The van der Waals surface area contributed by atoms with E-state index in [1.165, 1.54) is 5.56 Å². The van der Waals surface area contributed by atoms with Crippen molar-refractivity contribution < 1.29 is 0 Å². The molecule has 0 aliphatic carbocycles. The highest BCUT2D eigenvalue weighted by Gasteiger charge is 2.22. The van der Waals surface area contributed by atoms with Crippen molar-refractivity contribution in [1.29, 1.82) is 0 Å². The third kappa shape index (κ3) is 2.34. The van der Waals surface area contributed by atoms with Gasteiger partial charge in [-0.05, 0) is 25.3 Å². The molecule has 0 amide bonds. The highest BCUT2D eigenvalue weighted by Crippen LogP contribution is 2.34. The first-order valence-electron chi connectivity index (χ1n) is 4.25. The lowest BCUT2D eigenvalue weighted by atomic mass is 9.90. The minimum atomic E-state index is 0.175. The van der Waals surface area contributed by atoms with E-state index in [1.807, 2.05) is 0 Å². The third-order valence-electron chi connectivity index (χ3n) is 2.33. The molecule has 0 nitrogen and oxygen atoms in total. The number of rotatable bonds is 2. The predicted molar refractivity (Wildman–Crippen MR) is 57.9 cm³/mol. The third-order valence-corrected chi connectivity index (χ3v) is 3.02. The van der Waals surface area contributed by atoms with Gasteiger partial charge in [0.25, 0.3) is 0 Å². The van der Waals surface area contributed by atoms with Crippen LogP contribution in [0.1, 0.15) is 32.3 Å². The van der Waals surface area contributed by atoms with E-state index in [4.69, 9.17) is 0 Å². The summed E-state index contributed by atoms with van der Waals surface area (Å²) in [5.41, 5.74) is 1.39. The summed E-state index contributed by atoms with van der Waals surface area (Å²) < 4.78 is 0.175. The van der Waals surface area contributed by atoms with Crippen molar-refractivity contribution in [2.45, 2.75) is 31.0 Å². The van der Waals surface area contributed by atoms with Gasteiger partial charge in [0.2, 0.25) is 0 Å². The molecule has 1 heteroatoms. The summed E-state index contributed by atoms with van der Waals surface area (Å²) in [4.78, 5) is 0. The summed E-state index contributed by atoms with van der Waals surface area (Å²) in [5.74, 6) is 0.540. The van der Waals surface area contributed by atoms with E-state index in [2.05, 4.69) is 67.0 Å². The molecule has 1 atom stereocenters. The van der Waals surface area contributed by atoms with E-state index in [0.717, 1.165) is 0 Å². The monoisotopic (exact) mass is 226 g/mol. The van der Waals surface area contributed by atoms with Crippen LogP contribution < -0.4 is 0 Å². The van der Waals surface area contributed by atoms with Crippen LogP contribution in [0.5, 0.6) is 0 Å². The summed E-state index contributed by atoms with van der Waals surface area (Å²) in [6, 6.07) is 10.6. The highest BCUT2D eigenvalue weighted by molar-refractivity contribution is 9.10. The zero-order valence-corrected chi connectivity index (χ0v) is 9.43. The zero-order chi connectivity index (χ0) is 9.19. The maximum atomic E-state index is 3.68. The molecule has 0 unspecified atom stereocenters. The minimum Gasteiger partial charge on any atom is -0.0853 e. The second kappa shape index (κ2) is 3.61. The Morgan fingerprint density at radius 3 is 2.08 bits per heavy atom. The second-order valence-corrected chi connectivity index (χ2v) is 5.74. The average Bonchev–Trinajstić information content (AvgIpc) is 2.03. The van der Waals surface area contributed by atoms with Crippen LogP contribution in [-0.4, -0.2) is 4.32 Å². The molecule has 0 aromatic heterocycles. The summed E-state index contributed by atoms with van der Waals surface area (Å²) >= 11 is 3.68. The highest BCUT2D eigenvalue weighted by atomic mass is 79.9. The molecular formula is C11H15Br. The summed E-state index contributed by atoms with van der Waals surface area (Å²) in [7, 11) is 0. The number of halogens is 1. The van der Waals surface area contributed by atoms with Crippen molar-refractivity contribution in [3.05, 3.63) is 35.9 Å².